The van der Waals surface area contributed by atoms with Gasteiger partial charge in [0.05, 0.1) is 12.2 Å². The number of allylic oxidation sites excluding steroid dienone is 3. The minimum atomic E-state index is -0.566. The number of hydrogen-bond acceptors (Lipinski definition) is 3. The molecule has 4 aliphatic carbocycles. The van der Waals surface area contributed by atoms with E-state index < -0.39 is 12.2 Å². The normalized spacial score (nSPS) is 48.4. The minimum Gasteiger partial charge on any atom is -0.393 e. The highest BCUT2D eigenvalue weighted by Gasteiger charge is 2.64. The van der Waals surface area contributed by atoms with Crippen LogP contribution in [0, 0.1) is 52.3 Å². The summed E-state index contributed by atoms with van der Waals surface area (Å²) in [4.78, 5) is 13.3. The Labute approximate surface area is 189 Å². The van der Waals surface area contributed by atoms with Gasteiger partial charge in [-0.2, -0.15) is 0 Å². The quantitative estimate of drug-likeness (QED) is 0.576. The smallest absolute Gasteiger partial charge is 0.137 e. The molecule has 2 N–H and O–H groups in total. The average molecular weight is 429 g/mol. The molecule has 4 rings (SSSR count). The molecule has 0 amide bonds. The number of carbonyl (C=O) groups excluding carboxylic acids is 1. The topological polar surface area (TPSA) is 57.5 Å². The summed E-state index contributed by atoms with van der Waals surface area (Å²) in [6, 6.07) is 0. The van der Waals surface area contributed by atoms with Crippen LogP contribution in [0.5, 0.6) is 0 Å². The molecule has 31 heavy (non-hydrogen) atoms. The summed E-state index contributed by atoms with van der Waals surface area (Å²) in [7, 11) is 0. The van der Waals surface area contributed by atoms with Crippen molar-refractivity contribution in [3.8, 4) is 0 Å². The number of rotatable bonds is 4. The molecule has 0 radical (unpaired) electrons. The fourth-order valence-corrected chi connectivity index (χ4v) is 8.58. The first kappa shape index (κ1) is 23.2. The molecule has 0 spiro atoms. The van der Waals surface area contributed by atoms with E-state index in [1.807, 2.05) is 0 Å². The Hall–Kier alpha value is -0.930. The zero-order valence-electron chi connectivity index (χ0n) is 20.3. The van der Waals surface area contributed by atoms with Crippen LogP contribution in [0.2, 0.25) is 0 Å². The monoisotopic (exact) mass is 428 g/mol. The number of aliphatic hydroxyl groups is 2. The Balaban J connectivity index is 1.57. The van der Waals surface area contributed by atoms with E-state index in [-0.39, 0.29) is 16.7 Å². The molecular weight excluding hydrogens is 384 g/mol. The van der Waals surface area contributed by atoms with Gasteiger partial charge in [-0.3, -0.25) is 4.79 Å². The molecule has 4 aliphatic rings. The standard InChI is InChI=1S/C28H44O3/c1-16(2)17(3)7-8-18(4)21-9-10-22-20-15-25(30)24-13-19(29)14-26(31)28(24,6)23(20)11-12-27(21,22)5/h7-8,16,18-24,26,29,31H,3,9-15H2,1-2,4-6H3/b8-7+/t18-,19-,20+,21-,22+,23+,24-,26+,27-,28-/m1/s1. The zero-order valence-corrected chi connectivity index (χ0v) is 20.3. The van der Waals surface area contributed by atoms with Gasteiger partial charge >= 0.3 is 0 Å². The maximum absolute atomic E-state index is 13.3. The highest BCUT2D eigenvalue weighted by atomic mass is 16.3. The summed E-state index contributed by atoms with van der Waals surface area (Å²) in [5.74, 6) is 3.14. The predicted molar refractivity (Wildman–Crippen MR) is 125 cm³/mol. The van der Waals surface area contributed by atoms with Crippen LogP contribution >= 0.6 is 0 Å². The number of carbonyl (C=O) groups is 1. The van der Waals surface area contributed by atoms with Crippen LogP contribution in [-0.2, 0) is 4.79 Å². The van der Waals surface area contributed by atoms with E-state index in [1.54, 1.807) is 0 Å². The second-order valence-electron chi connectivity index (χ2n) is 12.3. The van der Waals surface area contributed by atoms with E-state index in [0.29, 0.717) is 60.6 Å². The third-order valence-electron chi connectivity index (χ3n) is 10.6. The molecule has 4 saturated carbocycles. The second-order valence-corrected chi connectivity index (χ2v) is 12.3. The van der Waals surface area contributed by atoms with E-state index in [9.17, 15) is 15.0 Å². The maximum atomic E-state index is 13.3. The lowest BCUT2D eigenvalue weighted by Crippen LogP contribution is -2.62. The Morgan fingerprint density at radius 3 is 2.48 bits per heavy atom. The summed E-state index contributed by atoms with van der Waals surface area (Å²) in [6.45, 7) is 15.6. The summed E-state index contributed by atoms with van der Waals surface area (Å²) in [5, 5.41) is 21.3. The van der Waals surface area contributed by atoms with Crippen LogP contribution in [0.25, 0.3) is 0 Å². The number of hydrogen-bond donors (Lipinski definition) is 2. The van der Waals surface area contributed by atoms with Crippen molar-refractivity contribution in [1.29, 1.82) is 0 Å². The molecule has 10 atom stereocenters. The van der Waals surface area contributed by atoms with Gasteiger partial charge in [-0.1, -0.05) is 58.9 Å². The van der Waals surface area contributed by atoms with Gasteiger partial charge in [-0.25, -0.2) is 0 Å². The van der Waals surface area contributed by atoms with Gasteiger partial charge in [-0.15, -0.1) is 0 Å². The van der Waals surface area contributed by atoms with Crippen molar-refractivity contribution in [2.75, 3.05) is 0 Å². The number of aliphatic hydroxyl groups excluding tert-OH is 2. The van der Waals surface area contributed by atoms with Gasteiger partial charge in [0.15, 0.2) is 0 Å². The first-order valence-electron chi connectivity index (χ1n) is 12.8. The van der Waals surface area contributed by atoms with Gasteiger partial charge < -0.3 is 10.2 Å². The van der Waals surface area contributed by atoms with Crippen molar-refractivity contribution in [3.63, 3.8) is 0 Å². The number of Topliss-reactive ketones (excluding diaryl/α,β-unsaturated/α-hetero) is 1. The van der Waals surface area contributed by atoms with Crippen LogP contribution < -0.4 is 0 Å². The molecule has 0 saturated heterocycles. The average Bonchev–Trinajstić information content (AvgIpc) is 3.05. The Morgan fingerprint density at radius 1 is 1.10 bits per heavy atom. The van der Waals surface area contributed by atoms with E-state index in [1.165, 1.54) is 24.8 Å². The molecular formula is C28H44O3. The molecule has 0 aliphatic heterocycles. The van der Waals surface area contributed by atoms with Gasteiger partial charge in [0.2, 0.25) is 0 Å². The van der Waals surface area contributed by atoms with Crippen molar-refractivity contribution in [1.82, 2.24) is 0 Å². The van der Waals surface area contributed by atoms with Crippen LogP contribution in [0.3, 0.4) is 0 Å². The predicted octanol–water partition coefficient (Wildman–Crippen LogP) is 5.56. The largest absolute Gasteiger partial charge is 0.393 e. The Kier molecular flexibility index (Phi) is 6.10. The molecule has 0 aromatic heterocycles. The number of ketones is 1. The van der Waals surface area contributed by atoms with Crippen molar-refractivity contribution < 1.29 is 15.0 Å². The van der Waals surface area contributed by atoms with Crippen molar-refractivity contribution in [2.24, 2.45) is 52.3 Å². The van der Waals surface area contributed by atoms with Crippen LogP contribution in [-0.4, -0.2) is 28.2 Å². The Morgan fingerprint density at radius 2 is 1.81 bits per heavy atom. The van der Waals surface area contributed by atoms with Gasteiger partial charge in [0, 0.05) is 17.8 Å². The molecule has 4 fully saturated rings. The molecule has 0 unspecified atom stereocenters. The molecule has 0 heterocycles. The Bertz CT molecular complexity index is 753. The maximum Gasteiger partial charge on any atom is 0.137 e. The first-order valence-corrected chi connectivity index (χ1v) is 12.8. The summed E-state index contributed by atoms with van der Waals surface area (Å²) in [6.07, 6.45) is 9.88. The molecule has 3 nitrogen and oxygen atoms in total. The van der Waals surface area contributed by atoms with Gasteiger partial charge in [0.1, 0.15) is 5.78 Å². The third-order valence-corrected chi connectivity index (χ3v) is 10.6. The summed E-state index contributed by atoms with van der Waals surface area (Å²) in [5.41, 5.74) is 1.10. The van der Waals surface area contributed by atoms with Crippen LogP contribution in [0.4, 0.5) is 0 Å². The first-order chi connectivity index (χ1) is 14.5. The second kappa shape index (κ2) is 8.13. The molecule has 174 valence electrons. The van der Waals surface area contributed by atoms with E-state index >= 15 is 0 Å². The SMILES string of the molecule is C=C(/C=C/[C@@H](C)[C@H]1CC[C@H]2[C@@H]3CC(=O)[C@H]4C[C@@H](O)C[C@H](O)[C@]4(C)[C@H]3CC[C@]12C)C(C)C. The summed E-state index contributed by atoms with van der Waals surface area (Å²) >= 11 is 0. The zero-order chi connectivity index (χ0) is 22.7. The highest BCUT2D eigenvalue weighted by molar-refractivity contribution is 5.83. The minimum absolute atomic E-state index is 0.169. The molecule has 0 bridgehead atoms. The molecule has 3 heteroatoms. The fraction of sp³-hybridized carbons (Fsp3) is 0.821. The lowest BCUT2D eigenvalue weighted by molar-refractivity contribution is -0.187. The van der Waals surface area contributed by atoms with Gasteiger partial charge in [0.25, 0.3) is 0 Å². The van der Waals surface area contributed by atoms with E-state index in [0.717, 1.165) is 6.42 Å². The molecule has 0 aromatic rings. The van der Waals surface area contributed by atoms with Crippen molar-refractivity contribution in [3.05, 3.63) is 24.3 Å². The van der Waals surface area contributed by atoms with Crippen molar-refractivity contribution in [2.45, 2.75) is 91.8 Å². The lowest BCUT2D eigenvalue weighted by atomic mass is 9.43. The van der Waals surface area contributed by atoms with Crippen molar-refractivity contribution >= 4 is 5.78 Å². The fourth-order valence-electron chi connectivity index (χ4n) is 8.58. The summed E-state index contributed by atoms with van der Waals surface area (Å²) < 4.78 is 0. The van der Waals surface area contributed by atoms with E-state index in [2.05, 4.69) is 53.3 Å². The lowest BCUT2D eigenvalue weighted by Gasteiger charge is -2.61. The highest BCUT2D eigenvalue weighted by Crippen LogP contribution is 2.67. The van der Waals surface area contributed by atoms with Crippen LogP contribution in [0.15, 0.2) is 24.3 Å². The molecule has 0 aromatic carbocycles. The number of fused-ring (bicyclic) bond motifs is 5. The van der Waals surface area contributed by atoms with Gasteiger partial charge in [-0.05, 0) is 79.4 Å². The third kappa shape index (κ3) is 3.59. The van der Waals surface area contributed by atoms with Crippen LogP contribution in [0.1, 0.15) is 79.6 Å². The van der Waals surface area contributed by atoms with E-state index in [4.69, 9.17) is 0 Å².